The Balaban J connectivity index is 1.96. The first kappa shape index (κ1) is 18.6. The molecule has 3 atom stereocenters. The highest BCUT2D eigenvalue weighted by atomic mass is 35.5. The molecule has 5 nitrogen and oxygen atoms in total. The summed E-state index contributed by atoms with van der Waals surface area (Å²) >= 11 is 5.92. The van der Waals surface area contributed by atoms with Crippen LogP contribution in [0.1, 0.15) is 17.2 Å². The van der Waals surface area contributed by atoms with Crippen molar-refractivity contribution in [3.8, 4) is 0 Å². The number of aryl methyl sites for hydroxylation is 1. The van der Waals surface area contributed by atoms with Crippen molar-refractivity contribution < 1.29 is 17.9 Å². The van der Waals surface area contributed by atoms with Gasteiger partial charge in [0.2, 0.25) is 10.0 Å². The molecule has 2 aromatic carbocycles. The molecule has 1 saturated heterocycles. The topological polar surface area (TPSA) is 63.5 Å². The Labute approximate surface area is 157 Å². The van der Waals surface area contributed by atoms with E-state index in [0.717, 1.165) is 11.1 Å². The van der Waals surface area contributed by atoms with Crippen LogP contribution in [0.25, 0.3) is 0 Å². The molecule has 0 saturated carbocycles. The van der Waals surface area contributed by atoms with E-state index in [0.29, 0.717) is 5.02 Å². The number of methoxy groups -OCH3 is 1. The van der Waals surface area contributed by atoms with Gasteiger partial charge in [-0.05, 0) is 36.8 Å². The third-order valence-electron chi connectivity index (χ3n) is 4.24. The normalized spacial score (nSPS) is 22.3. The summed E-state index contributed by atoms with van der Waals surface area (Å²) in [7, 11) is -2.42. The van der Waals surface area contributed by atoms with Crippen LogP contribution in [-0.4, -0.2) is 31.8 Å². The van der Waals surface area contributed by atoms with Crippen LogP contribution in [0.2, 0.25) is 5.02 Å². The first-order valence-electron chi connectivity index (χ1n) is 7.96. The maximum absolute atomic E-state index is 13.0. The van der Waals surface area contributed by atoms with Crippen molar-refractivity contribution in [1.82, 2.24) is 4.31 Å². The Bertz CT molecular complexity index is 937. The van der Waals surface area contributed by atoms with E-state index in [1.165, 1.54) is 17.5 Å². The fraction of sp³-hybridized carbons (Fsp3) is 0.211. The number of halogens is 1. The Morgan fingerprint density at radius 3 is 2.31 bits per heavy atom. The van der Waals surface area contributed by atoms with Crippen molar-refractivity contribution in [2.24, 2.45) is 0 Å². The Kier molecular flexibility index (Phi) is 5.18. The van der Waals surface area contributed by atoms with Gasteiger partial charge >= 0.3 is 5.97 Å². The summed E-state index contributed by atoms with van der Waals surface area (Å²) in [6.45, 7) is 1.90. The standard InChI is InChI=1S/C19H18ClNO4S/c1-13-3-9-16(10-4-13)26(23,24)21-17(11-12-18(22)25-2)19(21)14-5-7-15(20)8-6-14/h3-12,17,19H,1-2H3/b12-11+/t17-,19+,21?/m1/s1. The lowest BCUT2D eigenvalue weighted by atomic mass is 10.1. The fourth-order valence-corrected chi connectivity index (χ4v) is 4.66. The number of esters is 1. The van der Waals surface area contributed by atoms with E-state index < -0.39 is 22.0 Å². The number of nitrogens with zero attached hydrogens (tertiary/aromatic N) is 1. The van der Waals surface area contributed by atoms with Gasteiger partial charge in [0.05, 0.1) is 24.1 Å². The number of sulfonamides is 1. The average Bonchev–Trinajstić information content (AvgIpc) is 3.36. The number of hydrogen-bond acceptors (Lipinski definition) is 4. The van der Waals surface area contributed by atoms with Crippen molar-refractivity contribution in [2.75, 3.05) is 7.11 Å². The number of carbonyl (C=O) groups excluding carboxylic acids is 1. The molecule has 0 amide bonds. The minimum absolute atomic E-state index is 0.219. The molecule has 1 aliphatic heterocycles. The van der Waals surface area contributed by atoms with Crippen molar-refractivity contribution in [2.45, 2.75) is 23.9 Å². The third kappa shape index (κ3) is 3.67. The molecule has 0 N–H and O–H groups in total. The minimum Gasteiger partial charge on any atom is -0.466 e. The van der Waals surface area contributed by atoms with Gasteiger partial charge < -0.3 is 4.74 Å². The highest BCUT2D eigenvalue weighted by molar-refractivity contribution is 7.89. The van der Waals surface area contributed by atoms with Crippen LogP contribution in [0.4, 0.5) is 0 Å². The Hall–Kier alpha value is -2.15. The number of ether oxygens (including phenoxy) is 1. The fourth-order valence-electron chi connectivity index (χ4n) is 2.81. The SMILES string of the molecule is COC(=O)/C=C/[C@@H]1[C@H](c2ccc(Cl)cc2)N1S(=O)(=O)c1ccc(C)cc1. The summed E-state index contributed by atoms with van der Waals surface area (Å²) in [6.07, 6.45) is 2.80. The lowest BCUT2D eigenvalue weighted by Gasteiger charge is -2.07. The molecule has 1 fully saturated rings. The molecule has 2 aromatic rings. The van der Waals surface area contributed by atoms with E-state index in [-0.39, 0.29) is 10.9 Å². The smallest absolute Gasteiger partial charge is 0.330 e. The average molecular weight is 392 g/mol. The summed E-state index contributed by atoms with van der Waals surface area (Å²) in [5.41, 5.74) is 1.79. The van der Waals surface area contributed by atoms with Gasteiger partial charge in [-0.3, -0.25) is 0 Å². The largest absolute Gasteiger partial charge is 0.466 e. The van der Waals surface area contributed by atoms with Crippen LogP contribution < -0.4 is 0 Å². The summed E-state index contributed by atoms with van der Waals surface area (Å²) in [4.78, 5) is 11.6. The Morgan fingerprint density at radius 1 is 1.12 bits per heavy atom. The molecule has 136 valence electrons. The predicted molar refractivity (Wildman–Crippen MR) is 99.3 cm³/mol. The number of rotatable bonds is 5. The molecule has 26 heavy (non-hydrogen) atoms. The van der Waals surface area contributed by atoms with Crippen molar-refractivity contribution in [3.63, 3.8) is 0 Å². The zero-order valence-corrected chi connectivity index (χ0v) is 15.9. The van der Waals surface area contributed by atoms with E-state index in [1.54, 1.807) is 54.6 Å². The predicted octanol–water partition coefficient (Wildman–Crippen LogP) is 3.49. The Morgan fingerprint density at radius 2 is 1.73 bits per heavy atom. The number of carbonyl (C=O) groups is 1. The molecule has 1 aliphatic rings. The van der Waals surface area contributed by atoms with Crippen molar-refractivity contribution in [1.29, 1.82) is 0 Å². The molecule has 7 heteroatoms. The zero-order valence-electron chi connectivity index (χ0n) is 14.3. The molecule has 3 rings (SSSR count). The lowest BCUT2D eigenvalue weighted by molar-refractivity contribution is -0.134. The van der Waals surface area contributed by atoms with Crippen LogP contribution in [0.5, 0.6) is 0 Å². The minimum atomic E-state index is -3.70. The quantitative estimate of drug-likeness (QED) is 0.444. The number of hydrogen-bond donors (Lipinski definition) is 0. The van der Waals surface area contributed by atoms with Crippen LogP contribution >= 0.6 is 11.6 Å². The van der Waals surface area contributed by atoms with Gasteiger partial charge in [0.1, 0.15) is 0 Å². The number of benzene rings is 2. The monoisotopic (exact) mass is 391 g/mol. The van der Waals surface area contributed by atoms with Crippen molar-refractivity contribution in [3.05, 3.63) is 76.8 Å². The molecule has 1 unspecified atom stereocenters. The molecule has 0 aromatic heterocycles. The van der Waals surface area contributed by atoms with Crippen molar-refractivity contribution >= 4 is 27.6 Å². The van der Waals surface area contributed by atoms with E-state index in [1.807, 2.05) is 6.92 Å². The van der Waals surface area contributed by atoms with Gasteiger partial charge in [-0.2, -0.15) is 4.31 Å². The summed E-state index contributed by atoms with van der Waals surface area (Å²) in [5, 5.41) is 0.573. The molecular weight excluding hydrogens is 374 g/mol. The van der Waals surface area contributed by atoms with Crippen LogP contribution in [0.15, 0.2) is 65.6 Å². The summed E-state index contributed by atoms with van der Waals surface area (Å²) in [6, 6.07) is 12.8. The van der Waals surface area contributed by atoms with Gasteiger partial charge in [0, 0.05) is 11.1 Å². The summed E-state index contributed by atoms with van der Waals surface area (Å²) < 4.78 is 32.0. The lowest BCUT2D eigenvalue weighted by Crippen LogP contribution is -2.14. The van der Waals surface area contributed by atoms with Crippen LogP contribution in [0, 0.1) is 6.92 Å². The first-order chi connectivity index (χ1) is 12.3. The van der Waals surface area contributed by atoms with Gasteiger partial charge in [-0.1, -0.05) is 47.5 Å². The van der Waals surface area contributed by atoms with E-state index in [9.17, 15) is 13.2 Å². The molecule has 0 radical (unpaired) electrons. The van der Waals surface area contributed by atoms with E-state index in [4.69, 9.17) is 11.6 Å². The second-order valence-corrected chi connectivity index (χ2v) is 8.30. The van der Waals surface area contributed by atoms with Crippen LogP contribution in [-0.2, 0) is 19.6 Å². The van der Waals surface area contributed by atoms with Gasteiger partial charge in [0.15, 0.2) is 0 Å². The maximum atomic E-state index is 13.0. The second kappa shape index (κ2) is 7.23. The third-order valence-corrected chi connectivity index (χ3v) is 6.39. The molecule has 1 heterocycles. The van der Waals surface area contributed by atoms with E-state index in [2.05, 4.69) is 4.74 Å². The van der Waals surface area contributed by atoms with E-state index >= 15 is 0 Å². The second-order valence-electron chi connectivity index (χ2n) is 6.02. The molecule has 0 spiro atoms. The highest BCUT2D eigenvalue weighted by Crippen LogP contribution is 2.48. The summed E-state index contributed by atoms with van der Waals surface area (Å²) in [5.74, 6) is -0.528. The highest BCUT2D eigenvalue weighted by Gasteiger charge is 2.54. The first-order valence-corrected chi connectivity index (χ1v) is 9.78. The van der Waals surface area contributed by atoms with Gasteiger partial charge in [-0.15, -0.1) is 0 Å². The zero-order chi connectivity index (χ0) is 18.9. The van der Waals surface area contributed by atoms with Gasteiger partial charge in [-0.25, -0.2) is 13.2 Å². The maximum Gasteiger partial charge on any atom is 0.330 e. The molecular formula is C19H18ClNO4S. The molecule has 0 bridgehead atoms. The molecule has 0 aliphatic carbocycles. The van der Waals surface area contributed by atoms with Crippen LogP contribution in [0.3, 0.4) is 0 Å². The van der Waals surface area contributed by atoms with Gasteiger partial charge in [0.25, 0.3) is 0 Å².